The zero-order chi connectivity index (χ0) is 22.2. The molecule has 0 aliphatic carbocycles. The molecule has 160 valence electrons. The van der Waals surface area contributed by atoms with Crippen molar-refractivity contribution in [1.29, 1.82) is 5.26 Å². The third-order valence-corrected chi connectivity index (χ3v) is 6.96. The maximum absolute atomic E-state index is 13.6. The summed E-state index contributed by atoms with van der Waals surface area (Å²) in [6.07, 6.45) is 3.89. The molecule has 5 rings (SSSR count). The molecule has 32 heavy (non-hydrogen) atoms. The van der Waals surface area contributed by atoms with Crippen LogP contribution in [0.1, 0.15) is 47.2 Å². The minimum atomic E-state index is 0.106. The minimum absolute atomic E-state index is 0.106. The van der Waals surface area contributed by atoms with Crippen LogP contribution in [0.25, 0.3) is 22.3 Å². The van der Waals surface area contributed by atoms with E-state index in [4.69, 9.17) is 5.73 Å². The second-order valence-corrected chi connectivity index (χ2v) is 9.14. The maximum Gasteiger partial charge on any atom is 0.254 e. The zero-order valence-electron chi connectivity index (χ0n) is 18.3. The average molecular weight is 422 g/mol. The lowest BCUT2D eigenvalue weighted by molar-refractivity contribution is 0.0575. The largest absolute Gasteiger partial charge is 0.333 e. The third kappa shape index (κ3) is 3.70. The topological polar surface area (TPSA) is 70.1 Å². The van der Waals surface area contributed by atoms with E-state index in [9.17, 15) is 10.1 Å². The Morgan fingerprint density at radius 3 is 2.12 bits per heavy atom. The van der Waals surface area contributed by atoms with Crippen LogP contribution in [0.3, 0.4) is 0 Å². The number of aryl methyl sites for hydroxylation is 1. The monoisotopic (exact) mass is 421 g/mol. The number of nitrogens with two attached hydrogens (primary N) is 1. The van der Waals surface area contributed by atoms with Crippen molar-refractivity contribution in [2.45, 2.75) is 50.7 Å². The molecule has 3 aromatic rings. The number of benzene rings is 3. The van der Waals surface area contributed by atoms with Crippen LogP contribution in [-0.2, 0) is 0 Å². The molecule has 0 radical (unpaired) electrons. The van der Waals surface area contributed by atoms with Crippen molar-refractivity contribution in [3.05, 3.63) is 83.4 Å². The molecule has 2 atom stereocenters. The molecule has 2 saturated heterocycles. The highest BCUT2D eigenvalue weighted by atomic mass is 16.2. The standard InChI is InChI=1S/C28H27N3O/c1-18-2-6-20(7-3-18)26-13-10-22(14-27(26)21-8-4-19(17-29)5-9-21)28(32)31-24-11-12-25(31)16-23(30)15-24/h2-10,13-14,23-25H,11-12,15-16,30H2,1H3. The van der Waals surface area contributed by atoms with Gasteiger partial charge < -0.3 is 10.6 Å². The Labute approximate surface area is 189 Å². The fraction of sp³-hybridized carbons (Fsp3) is 0.286. The quantitative estimate of drug-likeness (QED) is 0.624. The number of fused-ring (bicyclic) bond motifs is 2. The van der Waals surface area contributed by atoms with Crippen LogP contribution >= 0.6 is 0 Å². The fourth-order valence-corrected chi connectivity index (χ4v) is 5.33. The van der Waals surface area contributed by atoms with Crippen molar-refractivity contribution >= 4 is 5.91 Å². The Balaban J connectivity index is 1.57. The van der Waals surface area contributed by atoms with Crippen LogP contribution < -0.4 is 5.73 Å². The van der Waals surface area contributed by atoms with E-state index >= 15 is 0 Å². The number of hydrogen-bond acceptors (Lipinski definition) is 3. The maximum atomic E-state index is 13.6. The fourth-order valence-electron chi connectivity index (χ4n) is 5.33. The first-order chi connectivity index (χ1) is 15.5. The van der Waals surface area contributed by atoms with Gasteiger partial charge in [0.25, 0.3) is 5.91 Å². The van der Waals surface area contributed by atoms with E-state index in [-0.39, 0.29) is 24.0 Å². The summed E-state index contributed by atoms with van der Waals surface area (Å²) in [5, 5.41) is 9.18. The van der Waals surface area contributed by atoms with Gasteiger partial charge in [-0.25, -0.2) is 0 Å². The lowest BCUT2D eigenvalue weighted by Gasteiger charge is -2.38. The summed E-state index contributed by atoms with van der Waals surface area (Å²) in [5.74, 6) is 0.106. The van der Waals surface area contributed by atoms with Gasteiger partial charge in [-0.05, 0) is 79.1 Å². The van der Waals surface area contributed by atoms with Crippen LogP contribution in [-0.4, -0.2) is 28.9 Å². The molecule has 2 heterocycles. The van der Waals surface area contributed by atoms with Gasteiger partial charge in [0.2, 0.25) is 0 Å². The van der Waals surface area contributed by atoms with Crippen LogP contribution in [0.5, 0.6) is 0 Å². The molecule has 0 saturated carbocycles. The van der Waals surface area contributed by atoms with Crippen LogP contribution in [0, 0.1) is 18.3 Å². The zero-order valence-corrected chi connectivity index (χ0v) is 18.3. The van der Waals surface area contributed by atoms with E-state index in [0.29, 0.717) is 11.1 Å². The van der Waals surface area contributed by atoms with Gasteiger partial charge in [-0.15, -0.1) is 0 Å². The SMILES string of the molecule is Cc1ccc(-c2ccc(C(=O)N3C4CCC3CC(N)C4)cc2-c2ccc(C#N)cc2)cc1. The molecule has 3 aromatic carbocycles. The van der Waals surface area contributed by atoms with E-state index in [0.717, 1.165) is 47.9 Å². The lowest BCUT2D eigenvalue weighted by atomic mass is 9.91. The summed E-state index contributed by atoms with van der Waals surface area (Å²) >= 11 is 0. The third-order valence-electron chi connectivity index (χ3n) is 6.96. The van der Waals surface area contributed by atoms with Gasteiger partial charge in [0.1, 0.15) is 0 Å². The Hall–Kier alpha value is -3.42. The normalized spacial score (nSPS) is 21.9. The summed E-state index contributed by atoms with van der Waals surface area (Å²) in [6.45, 7) is 2.08. The molecule has 2 unspecified atom stereocenters. The van der Waals surface area contributed by atoms with Crippen molar-refractivity contribution in [2.75, 3.05) is 0 Å². The molecule has 2 fully saturated rings. The second-order valence-electron chi connectivity index (χ2n) is 9.14. The molecular weight excluding hydrogens is 394 g/mol. The van der Waals surface area contributed by atoms with Gasteiger partial charge in [-0.3, -0.25) is 4.79 Å². The molecule has 2 aliphatic rings. The van der Waals surface area contributed by atoms with Gasteiger partial charge in [-0.2, -0.15) is 5.26 Å². The molecule has 1 amide bonds. The Bertz CT molecular complexity index is 1180. The first-order valence-corrected chi connectivity index (χ1v) is 11.3. The summed E-state index contributed by atoms with van der Waals surface area (Å²) < 4.78 is 0. The Kier molecular flexibility index (Phi) is 5.28. The highest BCUT2D eigenvalue weighted by molar-refractivity contribution is 5.98. The van der Waals surface area contributed by atoms with E-state index < -0.39 is 0 Å². The van der Waals surface area contributed by atoms with Crippen molar-refractivity contribution in [3.63, 3.8) is 0 Å². The van der Waals surface area contributed by atoms with Crippen LogP contribution in [0.2, 0.25) is 0 Å². The highest BCUT2D eigenvalue weighted by Crippen LogP contribution is 2.38. The number of nitriles is 1. The number of carbonyl (C=O) groups is 1. The predicted molar refractivity (Wildman–Crippen MR) is 127 cm³/mol. The van der Waals surface area contributed by atoms with Gasteiger partial charge >= 0.3 is 0 Å². The van der Waals surface area contributed by atoms with Crippen LogP contribution in [0.15, 0.2) is 66.7 Å². The first kappa shape index (κ1) is 20.5. The van der Waals surface area contributed by atoms with E-state index in [2.05, 4.69) is 48.2 Å². The summed E-state index contributed by atoms with van der Waals surface area (Å²) in [7, 11) is 0. The van der Waals surface area contributed by atoms with Crippen molar-refractivity contribution in [1.82, 2.24) is 4.90 Å². The summed E-state index contributed by atoms with van der Waals surface area (Å²) in [4.78, 5) is 15.7. The Morgan fingerprint density at radius 2 is 1.50 bits per heavy atom. The highest BCUT2D eigenvalue weighted by Gasteiger charge is 2.42. The molecule has 0 spiro atoms. The van der Waals surface area contributed by atoms with Gasteiger partial charge in [-0.1, -0.05) is 48.0 Å². The lowest BCUT2D eigenvalue weighted by Crippen LogP contribution is -2.50. The smallest absolute Gasteiger partial charge is 0.254 e. The number of rotatable bonds is 3. The second kappa shape index (κ2) is 8.26. The molecular formula is C28H27N3O. The number of piperidine rings is 1. The molecule has 4 nitrogen and oxygen atoms in total. The predicted octanol–water partition coefficient (Wildman–Crippen LogP) is 5.30. The van der Waals surface area contributed by atoms with E-state index in [1.54, 1.807) is 0 Å². The van der Waals surface area contributed by atoms with Crippen molar-refractivity contribution in [2.24, 2.45) is 5.73 Å². The number of nitrogens with zero attached hydrogens (tertiary/aromatic N) is 2. The number of amides is 1. The van der Waals surface area contributed by atoms with Gasteiger partial charge in [0.15, 0.2) is 0 Å². The Morgan fingerprint density at radius 1 is 0.906 bits per heavy atom. The summed E-state index contributed by atoms with van der Waals surface area (Å²) in [5.41, 5.74) is 13.0. The van der Waals surface area contributed by atoms with Gasteiger partial charge in [0, 0.05) is 23.7 Å². The molecule has 2 aliphatic heterocycles. The molecule has 2 N–H and O–H groups in total. The average Bonchev–Trinajstić information content (AvgIpc) is 3.09. The van der Waals surface area contributed by atoms with Crippen molar-refractivity contribution in [3.8, 4) is 28.3 Å². The number of carbonyl (C=O) groups excluding carboxylic acids is 1. The van der Waals surface area contributed by atoms with E-state index in [1.807, 2.05) is 36.4 Å². The molecule has 0 aromatic heterocycles. The molecule has 4 heteroatoms. The summed E-state index contributed by atoms with van der Waals surface area (Å²) in [6, 6.07) is 25.0. The van der Waals surface area contributed by atoms with E-state index in [1.165, 1.54) is 5.56 Å². The number of hydrogen-bond donors (Lipinski definition) is 1. The molecule has 2 bridgehead atoms. The van der Waals surface area contributed by atoms with Crippen molar-refractivity contribution < 1.29 is 4.79 Å². The van der Waals surface area contributed by atoms with Gasteiger partial charge in [0.05, 0.1) is 11.6 Å². The van der Waals surface area contributed by atoms with Crippen LogP contribution in [0.4, 0.5) is 0 Å². The minimum Gasteiger partial charge on any atom is -0.333 e. The first-order valence-electron chi connectivity index (χ1n) is 11.3.